The smallest absolute Gasteiger partial charge is 0.408 e. The number of carbonyl (C=O) groups excluding carboxylic acids is 1. The molecule has 110 valence electrons. The van der Waals surface area contributed by atoms with Crippen LogP contribution in [0.15, 0.2) is 30.3 Å². The summed E-state index contributed by atoms with van der Waals surface area (Å²) in [6.07, 6.45) is 1.67. The van der Waals surface area contributed by atoms with E-state index >= 15 is 0 Å². The van der Waals surface area contributed by atoms with Gasteiger partial charge in [-0.1, -0.05) is 30.3 Å². The molecule has 20 heavy (non-hydrogen) atoms. The largest absolute Gasteiger partial charge is 0.444 e. The van der Waals surface area contributed by atoms with Gasteiger partial charge >= 0.3 is 6.09 Å². The van der Waals surface area contributed by atoms with Gasteiger partial charge in [0.05, 0.1) is 11.6 Å². The van der Waals surface area contributed by atoms with E-state index in [0.29, 0.717) is 6.42 Å². The highest BCUT2D eigenvalue weighted by Crippen LogP contribution is 2.42. The van der Waals surface area contributed by atoms with E-state index in [1.54, 1.807) is 0 Å². The van der Waals surface area contributed by atoms with Gasteiger partial charge in [-0.15, -0.1) is 0 Å². The summed E-state index contributed by atoms with van der Waals surface area (Å²) < 4.78 is 5.29. The maximum absolute atomic E-state index is 11.9. The van der Waals surface area contributed by atoms with Crippen LogP contribution >= 0.6 is 0 Å². The molecule has 0 aromatic heterocycles. The Labute approximate surface area is 120 Å². The molecule has 4 heteroatoms. The minimum atomic E-state index is -0.629. The minimum Gasteiger partial charge on any atom is -0.444 e. The SMILES string of the molecule is CC(C)(C)OC(=O)NC(CC1(O)CC1)c1ccccc1. The highest BCUT2D eigenvalue weighted by Gasteiger charge is 2.42. The fourth-order valence-corrected chi connectivity index (χ4v) is 2.12. The first-order valence-electron chi connectivity index (χ1n) is 7.04. The van der Waals surface area contributed by atoms with E-state index in [9.17, 15) is 9.90 Å². The van der Waals surface area contributed by atoms with Gasteiger partial charge in [-0.3, -0.25) is 0 Å². The average Bonchev–Trinajstić information content (AvgIpc) is 3.05. The summed E-state index contributed by atoms with van der Waals surface area (Å²) in [6.45, 7) is 5.50. The lowest BCUT2D eigenvalue weighted by Crippen LogP contribution is -2.36. The van der Waals surface area contributed by atoms with Crippen molar-refractivity contribution in [3.8, 4) is 0 Å². The van der Waals surface area contributed by atoms with Crippen molar-refractivity contribution in [2.24, 2.45) is 0 Å². The van der Waals surface area contributed by atoms with Gasteiger partial charge in [-0.2, -0.15) is 0 Å². The minimum absolute atomic E-state index is 0.224. The molecule has 0 saturated heterocycles. The number of alkyl carbamates (subject to hydrolysis) is 1. The zero-order valence-electron chi connectivity index (χ0n) is 12.3. The third-order valence-corrected chi connectivity index (χ3v) is 3.30. The fraction of sp³-hybridized carbons (Fsp3) is 0.562. The van der Waals surface area contributed by atoms with E-state index in [1.807, 2.05) is 51.1 Å². The molecule has 2 N–H and O–H groups in total. The van der Waals surface area contributed by atoms with Crippen molar-refractivity contribution in [1.82, 2.24) is 5.32 Å². The molecule has 2 rings (SSSR count). The zero-order chi connectivity index (χ0) is 14.8. The van der Waals surface area contributed by atoms with Gasteiger partial charge in [0.1, 0.15) is 5.60 Å². The molecule has 0 heterocycles. The van der Waals surface area contributed by atoms with Gasteiger partial charge in [0.25, 0.3) is 0 Å². The first-order chi connectivity index (χ1) is 9.27. The van der Waals surface area contributed by atoms with Crippen LogP contribution in [0.1, 0.15) is 51.6 Å². The Morgan fingerprint density at radius 3 is 2.45 bits per heavy atom. The van der Waals surface area contributed by atoms with Crippen molar-refractivity contribution in [2.45, 2.75) is 57.3 Å². The van der Waals surface area contributed by atoms with Crippen LogP contribution in [0.2, 0.25) is 0 Å². The maximum atomic E-state index is 11.9. The molecule has 1 atom stereocenters. The summed E-state index contributed by atoms with van der Waals surface area (Å²) in [7, 11) is 0. The van der Waals surface area contributed by atoms with Gasteiger partial charge < -0.3 is 15.2 Å². The summed E-state index contributed by atoms with van der Waals surface area (Å²) in [6, 6.07) is 9.46. The quantitative estimate of drug-likeness (QED) is 0.888. The predicted molar refractivity (Wildman–Crippen MR) is 77.4 cm³/mol. The van der Waals surface area contributed by atoms with Crippen molar-refractivity contribution in [2.75, 3.05) is 0 Å². The first-order valence-corrected chi connectivity index (χ1v) is 7.04. The number of nitrogens with one attached hydrogen (secondary N) is 1. The van der Waals surface area contributed by atoms with E-state index in [0.717, 1.165) is 18.4 Å². The molecule has 1 unspecified atom stereocenters. The number of ether oxygens (including phenoxy) is 1. The molecule has 0 bridgehead atoms. The number of hydrogen-bond acceptors (Lipinski definition) is 3. The highest BCUT2D eigenvalue weighted by molar-refractivity contribution is 5.68. The maximum Gasteiger partial charge on any atom is 0.408 e. The Morgan fingerprint density at radius 2 is 1.95 bits per heavy atom. The predicted octanol–water partition coefficient (Wildman–Crippen LogP) is 3.17. The molecule has 1 aliphatic carbocycles. The van der Waals surface area contributed by atoms with Crippen molar-refractivity contribution in [1.29, 1.82) is 0 Å². The Kier molecular flexibility index (Phi) is 4.04. The third-order valence-electron chi connectivity index (χ3n) is 3.30. The monoisotopic (exact) mass is 277 g/mol. The zero-order valence-corrected chi connectivity index (χ0v) is 12.3. The molecule has 1 amide bonds. The second-order valence-corrected chi connectivity index (χ2v) is 6.54. The van der Waals surface area contributed by atoms with E-state index in [4.69, 9.17) is 4.74 Å². The molecule has 0 aliphatic heterocycles. The summed E-state index contributed by atoms with van der Waals surface area (Å²) >= 11 is 0. The van der Waals surface area contributed by atoms with Gasteiger partial charge in [0, 0.05) is 6.42 Å². The van der Waals surface area contributed by atoms with Gasteiger partial charge in [0.2, 0.25) is 0 Å². The molecule has 1 saturated carbocycles. The molecular weight excluding hydrogens is 254 g/mol. The number of rotatable bonds is 4. The van der Waals surface area contributed by atoms with E-state index in [1.165, 1.54) is 0 Å². The van der Waals surface area contributed by atoms with Gasteiger partial charge in [-0.05, 0) is 39.2 Å². The standard InChI is InChI=1S/C16H23NO3/c1-15(2,3)20-14(18)17-13(11-16(19)9-10-16)12-7-5-4-6-8-12/h4-8,13,19H,9-11H2,1-3H3,(H,17,18). The second-order valence-electron chi connectivity index (χ2n) is 6.54. The lowest BCUT2D eigenvalue weighted by molar-refractivity contribution is 0.0474. The van der Waals surface area contributed by atoms with E-state index in [2.05, 4.69) is 5.32 Å². The summed E-state index contributed by atoms with van der Waals surface area (Å²) in [5.41, 5.74) is -0.171. The lowest BCUT2D eigenvalue weighted by atomic mass is 9.99. The third kappa shape index (κ3) is 4.53. The fourth-order valence-electron chi connectivity index (χ4n) is 2.12. The van der Waals surface area contributed by atoms with Crippen molar-refractivity contribution >= 4 is 6.09 Å². The van der Waals surface area contributed by atoms with Crippen LogP contribution in [0.5, 0.6) is 0 Å². The normalized spacial score (nSPS) is 18.2. The van der Waals surface area contributed by atoms with E-state index < -0.39 is 17.3 Å². The van der Waals surface area contributed by atoms with Crippen LogP contribution in [0.25, 0.3) is 0 Å². The van der Waals surface area contributed by atoms with Crippen LogP contribution in [-0.2, 0) is 4.74 Å². The van der Waals surface area contributed by atoms with Crippen LogP contribution in [-0.4, -0.2) is 22.4 Å². The average molecular weight is 277 g/mol. The van der Waals surface area contributed by atoms with Gasteiger partial charge in [-0.25, -0.2) is 4.79 Å². The number of aliphatic hydroxyl groups is 1. The number of hydrogen-bond donors (Lipinski definition) is 2. The topological polar surface area (TPSA) is 58.6 Å². The van der Waals surface area contributed by atoms with Crippen LogP contribution in [0.4, 0.5) is 4.79 Å². The van der Waals surface area contributed by atoms with Crippen molar-refractivity contribution in [3.63, 3.8) is 0 Å². The van der Waals surface area contributed by atoms with Crippen LogP contribution in [0.3, 0.4) is 0 Å². The highest BCUT2D eigenvalue weighted by atomic mass is 16.6. The molecule has 1 aliphatic rings. The lowest BCUT2D eigenvalue weighted by Gasteiger charge is -2.25. The molecule has 1 aromatic rings. The number of carbonyl (C=O) groups is 1. The molecular formula is C16H23NO3. The van der Waals surface area contributed by atoms with Crippen LogP contribution < -0.4 is 5.32 Å². The Balaban J connectivity index is 2.05. The Hall–Kier alpha value is -1.55. The molecule has 0 spiro atoms. The Bertz CT molecular complexity index is 460. The van der Waals surface area contributed by atoms with Crippen molar-refractivity contribution in [3.05, 3.63) is 35.9 Å². The molecule has 1 fully saturated rings. The molecule has 1 aromatic carbocycles. The van der Waals surface area contributed by atoms with E-state index in [-0.39, 0.29) is 6.04 Å². The number of benzene rings is 1. The summed E-state index contributed by atoms with van der Waals surface area (Å²) in [5, 5.41) is 13.0. The first kappa shape index (κ1) is 14.9. The molecule has 0 radical (unpaired) electrons. The second kappa shape index (κ2) is 5.44. The number of amides is 1. The van der Waals surface area contributed by atoms with Crippen LogP contribution in [0, 0.1) is 0 Å². The summed E-state index contributed by atoms with van der Waals surface area (Å²) in [4.78, 5) is 11.9. The Morgan fingerprint density at radius 1 is 1.35 bits per heavy atom. The summed E-state index contributed by atoms with van der Waals surface area (Å²) in [5.74, 6) is 0. The van der Waals surface area contributed by atoms with Gasteiger partial charge in [0.15, 0.2) is 0 Å². The molecule has 4 nitrogen and oxygen atoms in total. The van der Waals surface area contributed by atoms with Crippen molar-refractivity contribution < 1.29 is 14.6 Å².